The number of benzene rings is 1. The van der Waals surface area contributed by atoms with Gasteiger partial charge in [-0.15, -0.1) is 11.3 Å². The van der Waals surface area contributed by atoms with E-state index in [1.54, 1.807) is 6.07 Å². The van der Waals surface area contributed by atoms with E-state index in [-0.39, 0.29) is 17.1 Å². The molecule has 5 nitrogen and oxygen atoms in total. The number of aromatic amines is 1. The number of nitrogens with one attached hydrogen (secondary N) is 1. The second-order valence-corrected chi connectivity index (χ2v) is 7.51. The normalized spacial score (nSPS) is 11.4. The van der Waals surface area contributed by atoms with Crippen molar-refractivity contribution in [2.75, 3.05) is 5.75 Å². The topological polar surface area (TPSA) is 76.0 Å². The maximum absolute atomic E-state index is 12.3. The van der Waals surface area contributed by atoms with Crippen molar-refractivity contribution in [3.63, 3.8) is 0 Å². The standard InChI is InChI=1S/C17H12N2O3S2/c1-9-6-11-15(21)18-17(19-16(11)24-9)23-8-12(20)14-7-10-4-2-3-5-13(10)22-14/h2-7H,8H2,1H3,(H,18,19,21). The smallest absolute Gasteiger partial charge is 0.260 e. The van der Waals surface area contributed by atoms with Crippen LogP contribution in [0.3, 0.4) is 0 Å². The molecule has 0 aliphatic rings. The molecule has 1 aromatic carbocycles. The third-order valence-corrected chi connectivity index (χ3v) is 5.36. The van der Waals surface area contributed by atoms with E-state index in [0.29, 0.717) is 26.7 Å². The molecule has 7 heteroatoms. The Bertz CT molecular complexity index is 1090. The molecule has 0 aliphatic carbocycles. The van der Waals surface area contributed by atoms with Gasteiger partial charge in [-0.2, -0.15) is 0 Å². The molecule has 24 heavy (non-hydrogen) atoms. The molecule has 0 saturated carbocycles. The number of hydrogen-bond acceptors (Lipinski definition) is 6. The largest absolute Gasteiger partial charge is 0.453 e. The molecule has 1 N–H and O–H groups in total. The Hall–Kier alpha value is -2.38. The number of thioether (sulfide) groups is 1. The Morgan fingerprint density at radius 1 is 1.33 bits per heavy atom. The molecular weight excluding hydrogens is 344 g/mol. The molecule has 0 fully saturated rings. The van der Waals surface area contributed by atoms with Crippen LogP contribution in [0, 0.1) is 6.92 Å². The number of H-pyrrole nitrogens is 1. The number of aryl methyl sites for hydroxylation is 1. The highest BCUT2D eigenvalue weighted by Crippen LogP contribution is 2.24. The van der Waals surface area contributed by atoms with Gasteiger partial charge in [0.15, 0.2) is 10.9 Å². The van der Waals surface area contributed by atoms with E-state index >= 15 is 0 Å². The minimum absolute atomic E-state index is 0.138. The zero-order chi connectivity index (χ0) is 16.7. The zero-order valence-corrected chi connectivity index (χ0v) is 14.3. The summed E-state index contributed by atoms with van der Waals surface area (Å²) < 4.78 is 5.56. The number of hydrogen-bond donors (Lipinski definition) is 1. The summed E-state index contributed by atoms with van der Waals surface area (Å²) >= 11 is 2.67. The SMILES string of the molecule is Cc1cc2c(=O)[nH]c(SCC(=O)c3cc4ccccc4o3)nc2s1. The molecule has 4 rings (SSSR count). The van der Waals surface area contributed by atoms with Crippen LogP contribution in [-0.2, 0) is 0 Å². The molecular formula is C17H12N2O3S2. The monoisotopic (exact) mass is 356 g/mol. The van der Waals surface area contributed by atoms with Crippen LogP contribution >= 0.6 is 23.1 Å². The molecule has 3 heterocycles. The van der Waals surface area contributed by atoms with Gasteiger partial charge in [-0.25, -0.2) is 4.98 Å². The Balaban J connectivity index is 1.55. The lowest BCUT2D eigenvalue weighted by atomic mass is 10.2. The van der Waals surface area contributed by atoms with E-state index < -0.39 is 0 Å². The Kier molecular flexibility index (Phi) is 3.74. The lowest BCUT2D eigenvalue weighted by molar-refractivity contribution is 0.0994. The van der Waals surface area contributed by atoms with E-state index in [4.69, 9.17) is 4.42 Å². The molecule has 0 aliphatic heterocycles. The van der Waals surface area contributed by atoms with Gasteiger partial charge in [-0.1, -0.05) is 30.0 Å². The maximum atomic E-state index is 12.3. The van der Waals surface area contributed by atoms with Crippen LogP contribution in [-0.4, -0.2) is 21.5 Å². The van der Waals surface area contributed by atoms with Crippen molar-refractivity contribution in [3.8, 4) is 0 Å². The molecule has 0 unspecified atom stereocenters. The van der Waals surface area contributed by atoms with Gasteiger partial charge in [0.25, 0.3) is 5.56 Å². The van der Waals surface area contributed by atoms with Gasteiger partial charge in [0.1, 0.15) is 10.4 Å². The zero-order valence-electron chi connectivity index (χ0n) is 12.7. The average molecular weight is 356 g/mol. The summed E-state index contributed by atoms with van der Waals surface area (Å²) in [5.41, 5.74) is 0.510. The highest BCUT2D eigenvalue weighted by atomic mass is 32.2. The van der Waals surface area contributed by atoms with Crippen LogP contribution in [0.1, 0.15) is 15.4 Å². The molecule has 0 amide bonds. The Morgan fingerprint density at radius 2 is 2.17 bits per heavy atom. The number of fused-ring (bicyclic) bond motifs is 2. The maximum Gasteiger partial charge on any atom is 0.260 e. The Labute approximate surface area is 144 Å². The van der Waals surface area contributed by atoms with Gasteiger partial charge in [-0.05, 0) is 25.1 Å². The number of rotatable bonds is 4. The first-order valence-electron chi connectivity index (χ1n) is 7.25. The van der Waals surface area contributed by atoms with E-state index in [1.165, 1.54) is 23.1 Å². The molecule has 0 radical (unpaired) electrons. The number of aromatic nitrogens is 2. The number of Topliss-reactive ketones (excluding diaryl/α,β-unsaturated/α-hetero) is 1. The second-order valence-electron chi connectivity index (χ2n) is 5.31. The number of furan rings is 1. The van der Waals surface area contributed by atoms with Crippen molar-refractivity contribution in [2.45, 2.75) is 12.1 Å². The number of thiophene rings is 1. The third kappa shape index (κ3) is 2.76. The first kappa shape index (κ1) is 15.2. The van der Waals surface area contributed by atoms with Gasteiger partial charge in [0, 0.05) is 10.3 Å². The fourth-order valence-electron chi connectivity index (χ4n) is 2.42. The lowest BCUT2D eigenvalue weighted by Gasteiger charge is -1.99. The molecule has 0 atom stereocenters. The second kappa shape index (κ2) is 5.92. The number of nitrogens with zero attached hydrogens (tertiary/aromatic N) is 1. The van der Waals surface area contributed by atoms with E-state index in [0.717, 1.165) is 10.3 Å². The van der Waals surface area contributed by atoms with Crippen LogP contribution < -0.4 is 5.56 Å². The molecule has 0 saturated heterocycles. The van der Waals surface area contributed by atoms with Crippen molar-refractivity contribution in [1.29, 1.82) is 0 Å². The minimum atomic E-state index is -0.178. The molecule has 4 aromatic rings. The van der Waals surface area contributed by atoms with Crippen LogP contribution in [0.5, 0.6) is 0 Å². The fourth-order valence-corrected chi connectivity index (χ4v) is 4.09. The molecule has 3 aromatic heterocycles. The van der Waals surface area contributed by atoms with Crippen molar-refractivity contribution in [2.24, 2.45) is 0 Å². The van der Waals surface area contributed by atoms with Crippen LogP contribution in [0.4, 0.5) is 0 Å². The van der Waals surface area contributed by atoms with Gasteiger partial charge < -0.3 is 9.40 Å². The number of carbonyl (C=O) groups excluding carboxylic acids is 1. The predicted molar refractivity (Wildman–Crippen MR) is 96.2 cm³/mol. The lowest BCUT2D eigenvalue weighted by Crippen LogP contribution is -2.09. The van der Waals surface area contributed by atoms with Gasteiger partial charge in [0.05, 0.1) is 11.1 Å². The van der Waals surface area contributed by atoms with Crippen LogP contribution in [0.15, 0.2) is 50.8 Å². The van der Waals surface area contributed by atoms with E-state index in [9.17, 15) is 9.59 Å². The Morgan fingerprint density at radius 3 is 3.00 bits per heavy atom. The van der Waals surface area contributed by atoms with Crippen molar-refractivity contribution >= 4 is 50.1 Å². The first-order chi connectivity index (χ1) is 11.6. The molecule has 120 valence electrons. The average Bonchev–Trinajstić information content (AvgIpc) is 3.15. The summed E-state index contributed by atoms with van der Waals surface area (Å²) in [7, 11) is 0. The van der Waals surface area contributed by atoms with Crippen molar-refractivity contribution < 1.29 is 9.21 Å². The summed E-state index contributed by atoms with van der Waals surface area (Å²) in [4.78, 5) is 33.2. The quantitative estimate of drug-likeness (QED) is 0.340. The van der Waals surface area contributed by atoms with Gasteiger partial charge >= 0.3 is 0 Å². The van der Waals surface area contributed by atoms with Crippen LogP contribution in [0.25, 0.3) is 21.2 Å². The van der Waals surface area contributed by atoms with E-state index in [2.05, 4.69) is 9.97 Å². The summed E-state index contributed by atoms with van der Waals surface area (Å²) in [6, 6.07) is 11.0. The summed E-state index contributed by atoms with van der Waals surface area (Å²) in [6.07, 6.45) is 0. The highest BCUT2D eigenvalue weighted by molar-refractivity contribution is 7.99. The summed E-state index contributed by atoms with van der Waals surface area (Å²) in [5.74, 6) is 0.332. The van der Waals surface area contributed by atoms with Crippen LogP contribution in [0.2, 0.25) is 0 Å². The summed E-state index contributed by atoms with van der Waals surface area (Å²) in [5, 5.41) is 1.93. The molecule has 0 bridgehead atoms. The number of ketones is 1. The number of carbonyl (C=O) groups is 1. The molecule has 0 spiro atoms. The predicted octanol–water partition coefficient (Wildman–Crippen LogP) is 4.01. The minimum Gasteiger partial charge on any atom is -0.453 e. The highest BCUT2D eigenvalue weighted by Gasteiger charge is 2.14. The first-order valence-corrected chi connectivity index (χ1v) is 9.05. The van der Waals surface area contributed by atoms with Gasteiger partial charge in [-0.3, -0.25) is 9.59 Å². The fraction of sp³-hybridized carbons (Fsp3) is 0.118. The van der Waals surface area contributed by atoms with Gasteiger partial charge in [0.2, 0.25) is 5.78 Å². The summed E-state index contributed by atoms with van der Waals surface area (Å²) in [6.45, 7) is 1.93. The third-order valence-electron chi connectivity index (χ3n) is 3.54. The van der Waals surface area contributed by atoms with Crippen molar-refractivity contribution in [3.05, 3.63) is 57.4 Å². The van der Waals surface area contributed by atoms with Crippen molar-refractivity contribution in [1.82, 2.24) is 9.97 Å². The van der Waals surface area contributed by atoms with E-state index in [1.807, 2.05) is 37.3 Å². The number of para-hydroxylation sites is 1.